The SMILES string of the molecule is CN1C(=O)N[C@@H](c2ccc(O)cc2)C2=C1CN(c1cccc(Cl)c1)C2=O. The fourth-order valence-electron chi connectivity index (χ4n) is 3.34. The molecule has 4 rings (SSSR count). The van der Waals surface area contributed by atoms with Gasteiger partial charge < -0.3 is 15.3 Å². The van der Waals surface area contributed by atoms with Crippen molar-refractivity contribution in [2.24, 2.45) is 0 Å². The fourth-order valence-corrected chi connectivity index (χ4v) is 3.52. The molecule has 0 spiro atoms. The molecule has 0 radical (unpaired) electrons. The van der Waals surface area contributed by atoms with Gasteiger partial charge in [-0.1, -0.05) is 29.8 Å². The molecule has 0 saturated carbocycles. The Labute approximate surface area is 155 Å². The number of rotatable bonds is 2. The second kappa shape index (κ2) is 6.07. The molecule has 7 heteroatoms. The molecule has 0 aromatic heterocycles. The molecule has 0 saturated heterocycles. The van der Waals surface area contributed by atoms with Crippen molar-refractivity contribution < 1.29 is 14.7 Å². The van der Waals surface area contributed by atoms with Crippen LogP contribution in [0.25, 0.3) is 0 Å². The monoisotopic (exact) mass is 369 g/mol. The highest BCUT2D eigenvalue weighted by Gasteiger charge is 2.43. The minimum absolute atomic E-state index is 0.125. The Hall–Kier alpha value is -2.99. The van der Waals surface area contributed by atoms with Crippen LogP contribution in [0, 0.1) is 0 Å². The zero-order valence-corrected chi connectivity index (χ0v) is 14.7. The molecule has 0 bridgehead atoms. The van der Waals surface area contributed by atoms with E-state index in [0.29, 0.717) is 28.5 Å². The van der Waals surface area contributed by atoms with Crippen LogP contribution in [0.1, 0.15) is 11.6 Å². The van der Waals surface area contributed by atoms with E-state index in [1.54, 1.807) is 42.3 Å². The topological polar surface area (TPSA) is 72.9 Å². The zero-order chi connectivity index (χ0) is 18.4. The number of aromatic hydroxyl groups is 1. The number of anilines is 1. The summed E-state index contributed by atoms with van der Waals surface area (Å²) in [6.45, 7) is 0.299. The lowest BCUT2D eigenvalue weighted by atomic mass is 9.95. The average molecular weight is 370 g/mol. The van der Waals surface area contributed by atoms with Gasteiger partial charge in [0.15, 0.2) is 0 Å². The summed E-state index contributed by atoms with van der Waals surface area (Å²) in [5.41, 5.74) is 2.61. The smallest absolute Gasteiger partial charge is 0.322 e. The van der Waals surface area contributed by atoms with Gasteiger partial charge in [-0.25, -0.2) is 4.79 Å². The summed E-state index contributed by atoms with van der Waals surface area (Å²) < 4.78 is 0. The van der Waals surface area contributed by atoms with Crippen molar-refractivity contribution in [3.63, 3.8) is 0 Å². The van der Waals surface area contributed by atoms with E-state index in [2.05, 4.69) is 5.32 Å². The lowest BCUT2D eigenvalue weighted by molar-refractivity contribution is -0.114. The van der Waals surface area contributed by atoms with E-state index >= 15 is 0 Å². The van der Waals surface area contributed by atoms with Gasteiger partial charge in [-0.3, -0.25) is 9.69 Å². The summed E-state index contributed by atoms with van der Waals surface area (Å²) in [6, 6.07) is 12.7. The molecular weight excluding hydrogens is 354 g/mol. The van der Waals surface area contributed by atoms with Gasteiger partial charge in [0.25, 0.3) is 5.91 Å². The first-order chi connectivity index (χ1) is 12.5. The lowest BCUT2D eigenvalue weighted by Crippen LogP contribution is -2.45. The predicted octanol–water partition coefficient (Wildman–Crippen LogP) is 3.04. The van der Waals surface area contributed by atoms with Crippen LogP contribution in [0.5, 0.6) is 5.75 Å². The minimum atomic E-state index is -0.564. The number of carbonyl (C=O) groups excluding carboxylic acids is 2. The standard InChI is InChI=1S/C19H16ClN3O3/c1-22-15-10-23(13-4-2-3-12(20)9-13)18(25)16(15)17(21-19(22)26)11-5-7-14(24)8-6-11/h2-9,17,24H,10H2,1H3,(H,21,26)/t17-/m0/s1. The quantitative estimate of drug-likeness (QED) is 0.854. The van der Waals surface area contributed by atoms with Crippen molar-refractivity contribution in [1.29, 1.82) is 0 Å². The number of carbonyl (C=O) groups is 2. The number of benzene rings is 2. The Morgan fingerprint density at radius 1 is 1.15 bits per heavy atom. The number of likely N-dealkylation sites (N-methyl/N-ethyl adjacent to an activating group) is 1. The average Bonchev–Trinajstić information content (AvgIpc) is 2.97. The van der Waals surface area contributed by atoms with Crippen LogP contribution in [0.2, 0.25) is 5.02 Å². The van der Waals surface area contributed by atoms with Crippen LogP contribution in [-0.4, -0.2) is 35.5 Å². The van der Waals surface area contributed by atoms with Gasteiger partial charge in [0.2, 0.25) is 0 Å². The largest absolute Gasteiger partial charge is 0.508 e. The van der Waals surface area contributed by atoms with E-state index in [0.717, 1.165) is 5.56 Å². The molecule has 0 unspecified atom stereocenters. The highest BCUT2D eigenvalue weighted by molar-refractivity contribution is 6.31. The number of nitrogens with one attached hydrogen (secondary N) is 1. The van der Waals surface area contributed by atoms with E-state index in [4.69, 9.17) is 11.6 Å². The van der Waals surface area contributed by atoms with Crippen molar-refractivity contribution in [3.05, 3.63) is 70.4 Å². The highest BCUT2D eigenvalue weighted by atomic mass is 35.5. The third-order valence-electron chi connectivity index (χ3n) is 4.71. The first-order valence-corrected chi connectivity index (χ1v) is 8.47. The van der Waals surface area contributed by atoms with Crippen LogP contribution in [0.15, 0.2) is 59.8 Å². The van der Waals surface area contributed by atoms with Crippen molar-refractivity contribution in [3.8, 4) is 5.75 Å². The summed E-state index contributed by atoms with van der Waals surface area (Å²) in [6.07, 6.45) is 0. The van der Waals surface area contributed by atoms with Crippen LogP contribution in [0.3, 0.4) is 0 Å². The number of phenolic OH excluding ortho intramolecular Hbond substituents is 1. The van der Waals surface area contributed by atoms with Crippen LogP contribution >= 0.6 is 11.6 Å². The minimum Gasteiger partial charge on any atom is -0.508 e. The first kappa shape index (κ1) is 16.5. The molecule has 26 heavy (non-hydrogen) atoms. The molecule has 2 aliphatic rings. The van der Waals surface area contributed by atoms with Crippen molar-refractivity contribution in [2.75, 3.05) is 18.5 Å². The van der Waals surface area contributed by atoms with Gasteiger partial charge in [-0.05, 0) is 35.9 Å². The third-order valence-corrected chi connectivity index (χ3v) is 4.94. The maximum Gasteiger partial charge on any atom is 0.322 e. The normalized spacial score (nSPS) is 19.7. The van der Waals surface area contributed by atoms with Gasteiger partial charge in [-0.2, -0.15) is 0 Å². The second-order valence-corrected chi connectivity index (χ2v) is 6.70. The number of halogens is 1. The summed E-state index contributed by atoms with van der Waals surface area (Å²) >= 11 is 6.06. The summed E-state index contributed by atoms with van der Waals surface area (Å²) in [4.78, 5) is 28.6. The number of urea groups is 1. The van der Waals surface area contributed by atoms with E-state index in [1.807, 2.05) is 6.07 Å². The Balaban J connectivity index is 1.76. The Kier molecular flexibility index (Phi) is 3.85. The number of phenols is 1. The molecule has 2 aliphatic heterocycles. The van der Waals surface area contributed by atoms with Crippen molar-refractivity contribution >= 4 is 29.2 Å². The van der Waals surface area contributed by atoms with Crippen LogP contribution < -0.4 is 10.2 Å². The molecule has 2 heterocycles. The van der Waals surface area contributed by atoms with E-state index < -0.39 is 6.04 Å². The van der Waals surface area contributed by atoms with Gasteiger partial charge in [-0.15, -0.1) is 0 Å². The van der Waals surface area contributed by atoms with Gasteiger partial charge in [0.1, 0.15) is 5.75 Å². The highest BCUT2D eigenvalue weighted by Crippen LogP contribution is 2.38. The lowest BCUT2D eigenvalue weighted by Gasteiger charge is -2.31. The van der Waals surface area contributed by atoms with Crippen molar-refractivity contribution in [1.82, 2.24) is 10.2 Å². The second-order valence-electron chi connectivity index (χ2n) is 6.26. The number of hydrogen-bond acceptors (Lipinski definition) is 3. The summed E-state index contributed by atoms with van der Waals surface area (Å²) in [5, 5.41) is 12.9. The number of nitrogens with zero attached hydrogens (tertiary/aromatic N) is 2. The zero-order valence-electron chi connectivity index (χ0n) is 13.9. The Morgan fingerprint density at radius 2 is 1.88 bits per heavy atom. The molecule has 2 aromatic rings. The Morgan fingerprint density at radius 3 is 2.58 bits per heavy atom. The first-order valence-electron chi connectivity index (χ1n) is 8.09. The molecule has 2 aromatic carbocycles. The van der Waals surface area contributed by atoms with Gasteiger partial charge >= 0.3 is 6.03 Å². The predicted molar refractivity (Wildman–Crippen MR) is 98.0 cm³/mol. The molecular formula is C19H16ClN3O3. The fraction of sp³-hybridized carbons (Fsp3) is 0.158. The molecule has 0 fully saturated rings. The van der Waals surface area contributed by atoms with Gasteiger partial charge in [0, 0.05) is 17.8 Å². The molecule has 132 valence electrons. The van der Waals surface area contributed by atoms with E-state index in [1.165, 1.54) is 17.0 Å². The van der Waals surface area contributed by atoms with Crippen LogP contribution in [0.4, 0.5) is 10.5 Å². The van der Waals surface area contributed by atoms with Gasteiger partial charge in [0.05, 0.1) is 23.9 Å². The molecule has 0 aliphatic carbocycles. The Bertz CT molecular complexity index is 939. The van der Waals surface area contributed by atoms with E-state index in [-0.39, 0.29) is 17.7 Å². The number of hydrogen-bond donors (Lipinski definition) is 2. The van der Waals surface area contributed by atoms with Crippen molar-refractivity contribution in [2.45, 2.75) is 6.04 Å². The molecule has 3 amide bonds. The third kappa shape index (κ3) is 2.59. The molecule has 6 nitrogen and oxygen atoms in total. The van der Waals surface area contributed by atoms with Crippen LogP contribution in [-0.2, 0) is 4.79 Å². The number of amides is 3. The summed E-state index contributed by atoms with van der Waals surface area (Å²) in [5.74, 6) is -0.0484. The molecule has 1 atom stereocenters. The maximum atomic E-state index is 13.2. The molecule has 2 N–H and O–H groups in total. The van der Waals surface area contributed by atoms with E-state index in [9.17, 15) is 14.7 Å². The summed E-state index contributed by atoms with van der Waals surface area (Å²) in [7, 11) is 1.65. The maximum absolute atomic E-state index is 13.2.